The number of nitriles is 1. The van der Waals surface area contributed by atoms with Gasteiger partial charge >= 0.3 is 0 Å². The van der Waals surface area contributed by atoms with Gasteiger partial charge < -0.3 is 14.8 Å². The lowest BCUT2D eigenvalue weighted by Crippen LogP contribution is -2.13. The Kier molecular flexibility index (Phi) is 6.90. The first-order valence-electron chi connectivity index (χ1n) is 7.67. The highest BCUT2D eigenvalue weighted by Gasteiger charge is 2.12. The zero-order valence-electron chi connectivity index (χ0n) is 14.2. The summed E-state index contributed by atoms with van der Waals surface area (Å²) in [7, 11) is 1.52. The van der Waals surface area contributed by atoms with E-state index in [1.807, 2.05) is 13.0 Å². The zero-order chi connectivity index (χ0) is 19.1. The zero-order valence-corrected chi connectivity index (χ0v) is 15.7. The molecule has 0 atom stereocenters. The van der Waals surface area contributed by atoms with E-state index in [9.17, 15) is 10.1 Å². The molecule has 0 saturated carbocycles. The third kappa shape index (κ3) is 4.92. The van der Waals surface area contributed by atoms with Gasteiger partial charge in [-0.1, -0.05) is 29.3 Å². The van der Waals surface area contributed by atoms with E-state index in [0.29, 0.717) is 39.4 Å². The number of hydrogen-bond donors (Lipinski definition) is 1. The first-order valence-corrected chi connectivity index (χ1v) is 8.43. The number of halogens is 2. The molecule has 0 fully saturated rings. The van der Waals surface area contributed by atoms with Crippen LogP contribution >= 0.6 is 23.2 Å². The second-order valence-corrected chi connectivity index (χ2v) is 5.91. The van der Waals surface area contributed by atoms with Gasteiger partial charge in [-0.2, -0.15) is 5.26 Å². The summed E-state index contributed by atoms with van der Waals surface area (Å²) >= 11 is 11.8. The van der Waals surface area contributed by atoms with Gasteiger partial charge in [0.15, 0.2) is 11.5 Å². The monoisotopic (exact) mass is 390 g/mol. The van der Waals surface area contributed by atoms with Crippen LogP contribution in [0.5, 0.6) is 11.5 Å². The Morgan fingerprint density at radius 3 is 2.58 bits per heavy atom. The first-order chi connectivity index (χ1) is 12.5. The Labute approximate surface area is 161 Å². The summed E-state index contributed by atoms with van der Waals surface area (Å²) in [4.78, 5) is 12.3. The molecule has 0 aliphatic carbocycles. The molecule has 2 aromatic carbocycles. The van der Waals surface area contributed by atoms with Gasteiger partial charge in [-0.3, -0.25) is 4.79 Å². The summed E-state index contributed by atoms with van der Waals surface area (Å²) in [5.41, 5.74) is 1.00. The molecule has 0 aliphatic rings. The van der Waals surface area contributed by atoms with Gasteiger partial charge in [0.25, 0.3) is 5.91 Å². The molecule has 1 amide bonds. The summed E-state index contributed by atoms with van der Waals surface area (Å²) in [6.45, 7) is 2.37. The first kappa shape index (κ1) is 19.6. The average molecular weight is 391 g/mol. The standard InChI is InChI=1S/C19H16Cl2N2O3/c1-3-26-17-7-4-12(9-18(17)25-2)8-13(11-22)19(24)23-14-5-6-15(20)16(21)10-14/h4-10H,3H2,1-2H3,(H,23,24)/b13-8+. The van der Waals surface area contributed by atoms with Crippen molar-refractivity contribution >= 4 is 40.9 Å². The van der Waals surface area contributed by atoms with E-state index >= 15 is 0 Å². The second-order valence-electron chi connectivity index (χ2n) is 5.10. The van der Waals surface area contributed by atoms with Crippen molar-refractivity contribution in [2.24, 2.45) is 0 Å². The van der Waals surface area contributed by atoms with E-state index in [1.54, 1.807) is 30.3 Å². The van der Waals surface area contributed by atoms with E-state index in [4.69, 9.17) is 32.7 Å². The van der Waals surface area contributed by atoms with Crippen molar-refractivity contribution in [3.8, 4) is 17.6 Å². The minimum atomic E-state index is -0.557. The van der Waals surface area contributed by atoms with E-state index in [0.717, 1.165) is 0 Å². The van der Waals surface area contributed by atoms with Gasteiger partial charge in [0, 0.05) is 5.69 Å². The SMILES string of the molecule is CCOc1ccc(/C=C(\C#N)C(=O)Nc2ccc(Cl)c(Cl)c2)cc1OC. The lowest BCUT2D eigenvalue weighted by molar-refractivity contribution is -0.112. The average Bonchev–Trinajstić information content (AvgIpc) is 2.63. The molecule has 0 radical (unpaired) electrons. The highest BCUT2D eigenvalue weighted by atomic mass is 35.5. The molecule has 0 heterocycles. The van der Waals surface area contributed by atoms with Crippen LogP contribution in [0.4, 0.5) is 5.69 Å². The predicted octanol–water partition coefficient (Wildman–Crippen LogP) is 4.95. The number of anilines is 1. The van der Waals surface area contributed by atoms with Crippen LogP contribution in [0.1, 0.15) is 12.5 Å². The Balaban J connectivity index is 2.25. The Hall–Kier alpha value is -2.68. The van der Waals surface area contributed by atoms with E-state index in [-0.39, 0.29) is 5.57 Å². The minimum absolute atomic E-state index is 0.0673. The van der Waals surface area contributed by atoms with Crippen molar-refractivity contribution in [1.29, 1.82) is 5.26 Å². The predicted molar refractivity (Wildman–Crippen MR) is 103 cm³/mol. The number of rotatable bonds is 6. The highest BCUT2D eigenvalue weighted by molar-refractivity contribution is 6.42. The number of carbonyl (C=O) groups excluding carboxylic acids is 1. The third-order valence-electron chi connectivity index (χ3n) is 3.34. The van der Waals surface area contributed by atoms with Crippen molar-refractivity contribution in [3.05, 3.63) is 57.6 Å². The maximum atomic E-state index is 12.3. The number of amides is 1. The molecule has 0 bridgehead atoms. The van der Waals surface area contributed by atoms with Crippen molar-refractivity contribution < 1.29 is 14.3 Å². The van der Waals surface area contributed by atoms with Gasteiger partial charge in [0.2, 0.25) is 0 Å². The molecule has 2 rings (SSSR count). The summed E-state index contributed by atoms with van der Waals surface area (Å²) in [5.74, 6) is 0.549. The normalized spacial score (nSPS) is 10.8. The largest absolute Gasteiger partial charge is 0.493 e. The fraction of sp³-hybridized carbons (Fsp3) is 0.158. The Bertz CT molecular complexity index is 889. The fourth-order valence-corrected chi connectivity index (χ4v) is 2.43. The number of nitrogens with zero attached hydrogens (tertiary/aromatic N) is 1. The molecule has 7 heteroatoms. The summed E-state index contributed by atoms with van der Waals surface area (Å²) in [6.07, 6.45) is 1.46. The molecule has 2 aromatic rings. The van der Waals surface area contributed by atoms with Crippen LogP contribution in [-0.2, 0) is 4.79 Å². The summed E-state index contributed by atoms with van der Waals surface area (Å²) in [6, 6.07) is 11.7. The van der Waals surface area contributed by atoms with Gasteiger partial charge in [-0.25, -0.2) is 0 Å². The van der Waals surface area contributed by atoms with Gasteiger partial charge in [-0.05, 0) is 48.9 Å². The molecule has 0 saturated heterocycles. The maximum Gasteiger partial charge on any atom is 0.266 e. The van der Waals surface area contributed by atoms with Crippen LogP contribution in [0, 0.1) is 11.3 Å². The topological polar surface area (TPSA) is 71.3 Å². The van der Waals surface area contributed by atoms with Crippen LogP contribution in [0.2, 0.25) is 10.0 Å². The van der Waals surface area contributed by atoms with Gasteiger partial charge in [0.1, 0.15) is 11.6 Å². The summed E-state index contributed by atoms with van der Waals surface area (Å²) in [5, 5.41) is 12.6. The van der Waals surface area contributed by atoms with Crippen LogP contribution in [0.3, 0.4) is 0 Å². The van der Waals surface area contributed by atoms with Gasteiger partial charge in [-0.15, -0.1) is 0 Å². The molecule has 134 valence electrons. The Morgan fingerprint density at radius 1 is 1.19 bits per heavy atom. The number of methoxy groups -OCH3 is 1. The van der Waals surface area contributed by atoms with E-state index in [1.165, 1.54) is 19.3 Å². The van der Waals surface area contributed by atoms with Crippen LogP contribution in [0.25, 0.3) is 6.08 Å². The number of nitrogens with one attached hydrogen (secondary N) is 1. The lowest BCUT2D eigenvalue weighted by atomic mass is 10.1. The molecule has 0 spiro atoms. The minimum Gasteiger partial charge on any atom is -0.493 e. The molecule has 0 aliphatic heterocycles. The number of ether oxygens (including phenoxy) is 2. The van der Waals surface area contributed by atoms with Crippen molar-refractivity contribution in [2.75, 3.05) is 19.0 Å². The fourth-order valence-electron chi connectivity index (χ4n) is 2.14. The van der Waals surface area contributed by atoms with Crippen LogP contribution < -0.4 is 14.8 Å². The number of carbonyl (C=O) groups is 1. The summed E-state index contributed by atoms with van der Waals surface area (Å²) < 4.78 is 10.7. The van der Waals surface area contributed by atoms with Crippen molar-refractivity contribution in [3.63, 3.8) is 0 Å². The van der Waals surface area contributed by atoms with Crippen LogP contribution in [0.15, 0.2) is 42.0 Å². The highest BCUT2D eigenvalue weighted by Crippen LogP contribution is 2.29. The lowest BCUT2D eigenvalue weighted by Gasteiger charge is -2.10. The van der Waals surface area contributed by atoms with E-state index in [2.05, 4.69) is 5.32 Å². The molecule has 26 heavy (non-hydrogen) atoms. The van der Waals surface area contributed by atoms with E-state index < -0.39 is 5.91 Å². The number of benzene rings is 2. The molecular formula is C19H16Cl2N2O3. The quantitative estimate of drug-likeness (QED) is 0.559. The second kappa shape index (κ2) is 9.14. The van der Waals surface area contributed by atoms with Crippen LogP contribution in [-0.4, -0.2) is 19.6 Å². The molecule has 5 nitrogen and oxygen atoms in total. The smallest absolute Gasteiger partial charge is 0.266 e. The molecular weight excluding hydrogens is 375 g/mol. The molecule has 0 aromatic heterocycles. The van der Waals surface area contributed by atoms with Crippen molar-refractivity contribution in [2.45, 2.75) is 6.92 Å². The Morgan fingerprint density at radius 2 is 1.96 bits per heavy atom. The molecule has 0 unspecified atom stereocenters. The molecule has 1 N–H and O–H groups in total. The third-order valence-corrected chi connectivity index (χ3v) is 4.08. The maximum absolute atomic E-state index is 12.3. The van der Waals surface area contributed by atoms with Crippen molar-refractivity contribution in [1.82, 2.24) is 0 Å². The van der Waals surface area contributed by atoms with Gasteiger partial charge in [0.05, 0.1) is 23.8 Å². The number of hydrogen-bond acceptors (Lipinski definition) is 4.